The lowest BCUT2D eigenvalue weighted by Gasteiger charge is -2.16. The molecule has 2 atom stereocenters. The fourth-order valence-electron chi connectivity index (χ4n) is 2.04. The minimum absolute atomic E-state index is 0.212. The Balaban J connectivity index is 1.67. The van der Waals surface area contributed by atoms with Crippen molar-refractivity contribution in [1.82, 2.24) is 10.3 Å². The third-order valence-electron chi connectivity index (χ3n) is 3.02. The molecular weight excluding hydrogens is 228 g/mol. The van der Waals surface area contributed by atoms with E-state index in [2.05, 4.69) is 24.1 Å². The molecule has 0 radical (unpaired) electrons. The first-order valence-corrected chi connectivity index (χ1v) is 6.65. The van der Waals surface area contributed by atoms with Crippen LogP contribution in [0, 0.1) is 0 Å². The van der Waals surface area contributed by atoms with Crippen molar-refractivity contribution in [3.8, 4) is 5.75 Å². The van der Waals surface area contributed by atoms with Gasteiger partial charge in [0.25, 0.3) is 0 Å². The van der Waals surface area contributed by atoms with E-state index in [1.807, 2.05) is 12.1 Å². The van der Waals surface area contributed by atoms with E-state index in [0.717, 1.165) is 25.1 Å². The molecule has 0 bridgehead atoms. The lowest BCUT2D eigenvalue weighted by Crippen LogP contribution is -2.32. The fraction of sp³-hybridized carbons (Fsp3) is 0.643. The highest BCUT2D eigenvalue weighted by atomic mass is 16.5. The van der Waals surface area contributed by atoms with Crippen molar-refractivity contribution in [2.75, 3.05) is 13.2 Å². The second-order valence-electron chi connectivity index (χ2n) is 5.02. The molecule has 100 valence electrons. The minimum atomic E-state index is 0.212. The van der Waals surface area contributed by atoms with Crippen LogP contribution in [0.25, 0.3) is 0 Å². The molecule has 0 amide bonds. The SMILES string of the molecule is CC(C)NCC1CCC(COc2cccnc2)O1. The van der Waals surface area contributed by atoms with E-state index >= 15 is 0 Å². The molecule has 2 unspecified atom stereocenters. The van der Waals surface area contributed by atoms with Crippen LogP contribution in [0.3, 0.4) is 0 Å². The van der Waals surface area contributed by atoms with Crippen LogP contribution in [-0.2, 0) is 4.74 Å². The number of nitrogens with one attached hydrogen (secondary N) is 1. The van der Waals surface area contributed by atoms with Crippen LogP contribution in [0.1, 0.15) is 26.7 Å². The zero-order valence-corrected chi connectivity index (χ0v) is 11.1. The first kappa shape index (κ1) is 13.3. The zero-order valence-electron chi connectivity index (χ0n) is 11.1. The van der Waals surface area contributed by atoms with Gasteiger partial charge in [-0.2, -0.15) is 0 Å². The Bertz CT molecular complexity index is 343. The molecule has 1 aliphatic heterocycles. The molecule has 1 aliphatic rings. The molecular formula is C14H22N2O2. The first-order valence-electron chi connectivity index (χ1n) is 6.65. The Hall–Kier alpha value is -1.13. The highest BCUT2D eigenvalue weighted by Gasteiger charge is 2.25. The Morgan fingerprint density at radius 1 is 1.44 bits per heavy atom. The second-order valence-corrected chi connectivity index (χ2v) is 5.02. The lowest BCUT2D eigenvalue weighted by molar-refractivity contribution is 0.0178. The molecule has 1 aromatic rings. The van der Waals surface area contributed by atoms with Crippen molar-refractivity contribution >= 4 is 0 Å². The van der Waals surface area contributed by atoms with E-state index in [0.29, 0.717) is 18.8 Å². The van der Waals surface area contributed by atoms with Crippen molar-refractivity contribution in [1.29, 1.82) is 0 Å². The van der Waals surface area contributed by atoms with E-state index in [9.17, 15) is 0 Å². The topological polar surface area (TPSA) is 43.4 Å². The van der Waals surface area contributed by atoms with E-state index in [4.69, 9.17) is 9.47 Å². The number of hydrogen-bond acceptors (Lipinski definition) is 4. The van der Waals surface area contributed by atoms with E-state index in [1.54, 1.807) is 12.4 Å². The molecule has 2 heterocycles. The largest absolute Gasteiger partial charge is 0.489 e. The smallest absolute Gasteiger partial charge is 0.137 e. The summed E-state index contributed by atoms with van der Waals surface area (Å²) >= 11 is 0. The quantitative estimate of drug-likeness (QED) is 0.838. The lowest BCUT2D eigenvalue weighted by atomic mass is 10.2. The van der Waals surface area contributed by atoms with Gasteiger partial charge in [0.05, 0.1) is 18.4 Å². The third-order valence-corrected chi connectivity index (χ3v) is 3.02. The van der Waals surface area contributed by atoms with Gasteiger partial charge >= 0.3 is 0 Å². The molecule has 4 nitrogen and oxygen atoms in total. The van der Waals surface area contributed by atoms with Crippen molar-refractivity contribution in [2.45, 2.75) is 44.9 Å². The summed E-state index contributed by atoms with van der Waals surface area (Å²) < 4.78 is 11.6. The summed E-state index contributed by atoms with van der Waals surface area (Å²) in [6, 6.07) is 4.30. The number of aromatic nitrogens is 1. The minimum Gasteiger partial charge on any atom is -0.489 e. The van der Waals surface area contributed by atoms with E-state index < -0.39 is 0 Å². The van der Waals surface area contributed by atoms with Gasteiger partial charge in [-0.05, 0) is 25.0 Å². The third kappa shape index (κ3) is 4.27. The van der Waals surface area contributed by atoms with Crippen molar-refractivity contribution in [3.63, 3.8) is 0 Å². The number of hydrogen-bond donors (Lipinski definition) is 1. The van der Waals surface area contributed by atoms with Gasteiger partial charge in [0.2, 0.25) is 0 Å². The zero-order chi connectivity index (χ0) is 12.8. The predicted octanol–water partition coefficient (Wildman–Crippen LogP) is 2.01. The van der Waals surface area contributed by atoms with E-state index in [1.165, 1.54) is 0 Å². The van der Waals surface area contributed by atoms with Gasteiger partial charge in [-0.25, -0.2) is 0 Å². The average molecular weight is 250 g/mol. The molecule has 1 saturated heterocycles. The summed E-state index contributed by atoms with van der Waals surface area (Å²) in [5, 5.41) is 3.41. The summed E-state index contributed by atoms with van der Waals surface area (Å²) in [6.07, 6.45) is 6.20. The van der Waals surface area contributed by atoms with Crippen LogP contribution in [0.4, 0.5) is 0 Å². The highest BCUT2D eigenvalue weighted by Crippen LogP contribution is 2.20. The summed E-state index contributed by atoms with van der Waals surface area (Å²) in [4.78, 5) is 4.02. The number of nitrogens with zero attached hydrogens (tertiary/aromatic N) is 1. The summed E-state index contributed by atoms with van der Waals surface area (Å²) in [6.45, 7) is 5.85. The normalized spacial score (nSPS) is 23.5. The molecule has 1 aromatic heterocycles. The molecule has 0 saturated carbocycles. The predicted molar refractivity (Wildman–Crippen MR) is 70.8 cm³/mol. The van der Waals surface area contributed by atoms with Gasteiger partial charge < -0.3 is 14.8 Å². The Morgan fingerprint density at radius 3 is 3.00 bits per heavy atom. The molecule has 0 spiro atoms. The van der Waals surface area contributed by atoms with Crippen molar-refractivity contribution in [3.05, 3.63) is 24.5 Å². The first-order chi connectivity index (χ1) is 8.74. The number of rotatable bonds is 6. The molecule has 1 N–H and O–H groups in total. The Labute approximate surface area is 109 Å². The molecule has 4 heteroatoms. The standard InChI is InChI=1S/C14H22N2O2/c1-11(2)16-9-13-5-6-14(18-13)10-17-12-4-3-7-15-8-12/h3-4,7-8,11,13-14,16H,5-6,9-10H2,1-2H3. The van der Waals surface area contributed by atoms with Crippen LogP contribution in [0.2, 0.25) is 0 Å². The van der Waals surface area contributed by atoms with Gasteiger partial charge in [-0.15, -0.1) is 0 Å². The maximum Gasteiger partial charge on any atom is 0.137 e. The van der Waals surface area contributed by atoms with Crippen LogP contribution in [0.15, 0.2) is 24.5 Å². The summed E-state index contributed by atoms with van der Waals surface area (Å²) in [5.74, 6) is 0.810. The maximum absolute atomic E-state index is 5.93. The van der Waals surface area contributed by atoms with Crippen molar-refractivity contribution in [2.24, 2.45) is 0 Å². The second kappa shape index (κ2) is 6.71. The van der Waals surface area contributed by atoms with Gasteiger partial charge in [0.1, 0.15) is 12.4 Å². The van der Waals surface area contributed by atoms with Gasteiger partial charge in [0, 0.05) is 18.8 Å². The molecule has 18 heavy (non-hydrogen) atoms. The molecule has 1 fully saturated rings. The van der Waals surface area contributed by atoms with Crippen LogP contribution >= 0.6 is 0 Å². The maximum atomic E-state index is 5.93. The fourth-order valence-corrected chi connectivity index (χ4v) is 2.04. The van der Waals surface area contributed by atoms with Crippen LogP contribution < -0.4 is 10.1 Å². The van der Waals surface area contributed by atoms with Gasteiger partial charge in [0.15, 0.2) is 0 Å². The van der Waals surface area contributed by atoms with Gasteiger partial charge in [-0.3, -0.25) is 4.98 Å². The number of pyridine rings is 1. The van der Waals surface area contributed by atoms with Crippen LogP contribution in [0.5, 0.6) is 5.75 Å². The van der Waals surface area contributed by atoms with E-state index in [-0.39, 0.29) is 6.10 Å². The molecule has 2 rings (SSSR count). The Kier molecular flexibility index (Phi) is 4.96. The number of ether oxygens (including phenoxy) is 2. The van der Waals surface area contributed by atoms with Crippen LogP contribution in [-0.4, -0.2) is 36.4 Å². The van der Waals surface area contributed by atoms with Gasteiger partial charge in [-0.1, -0.05) is 13.8 Å². The average Bonchev–Trinajstić information content (AvgIpc) is 2.83. The monoisotopic (exact) mass is 250 g/mol. The highest BCUT2D eigenvalue weighted by molar-refractivity contribution is 5.15. The summed E-state index contributed by atoms with van der Waals surface area (Å²) in [7, 11) is 0. The summed E-state index contributed by atoms with van der Waals surface area (Å²) in [5.41, 5.74) is 0. The van der Waals surface area contributed by atoms with Crippen molar-refractivity contribution < 1.29 is 9.47 Å². The Morgan fingerprint density at radius 2 is 2.28 bits per heavy atom. The molecule has 0 aromatic carbocycles. The molecule has 0 aliphatic carbocycles.